The van der Waals surface area contributed by atoms with Crippen molar-refractivity contribution in [3.63, 3.8) is 0 Å². The molecule has 0 aliphatic rings. The van der Waals surface area contributed by atoms with Gasteiger partial charge in [-0.05, 0) is 30.7 Å². The number of para-hydroxylation sites is 2. The normalized spacial score (nSPS) is 11.2. The van der Waals surface area contributed by atoms with E-state index in [-0.39, 0.29) is 0 Å². The summed E-state index contributed by atoms with van der Waals surface area (Å²) < 4.78 is 6.22. The van der Waals surface area contributed by atoms with Crippen LogP contribution in [0.1, 0.15) is 51.9 Å². The lowest BCUT2D eigenvalue weighted by molar-refractivity contribution is 0.311. The first kappa shape index (κ1) is 16.8. The molecule has 0 spiro atoms. The fourth-order valence-corrected chi connectivity index (χ4v) is 3.19. The van der Waals surface area contributed by atoms with Crippen LogP contribution in [0.15, 0.2) is 48.5 Å². The summed E-state index contributed by atoms with van der Waals surface area (Å²) in [5.74, 6) is 0.988. The zero-order chi connectivity index (χ0) is 16.6. The molecule has 0 radical (unpaired) electrons. The molecule has 0 bridgehead atoms. The molecular formula is C22H27NO. The molecule has 0 saturated carbocycles. The molecule has 2 aromatic carbocycles. The number of ether oxygens (including phenoxy) is 1. The van der Waals surface area contributed by atoms with Crippen LogP contribution in [0.5, 0.6) is 5.75 Å². The third-order valence-electron chi connectivity index (χ3n) is 4.53. The third-order valence-corrected chi connectivity index (χ3v) is 4.53. The van der Waals surface area contributed by atoms with E-state index in [0.717, 1.165) is 40.6 Å². The van der Waals surface area contributed by atoms with Crippen molar-refractivity contribution in [3.8, 4) is 5.75 Å². The van der Waals surface area contributed by atoms with Crippen molar-refractivity contribution in [1.29, 1.82) is 0 Å². The minimum Gasteiger partial charge on any atom is -0.492 e. The highest BCUT2D eigenvalue weighted by Crippen LogP contribution is 2.32. The van der Waals surface area contributed by atoms with Crippen LogP contribution in [-0.4, -0.2) is 11.6 Å². The number of unbranched alkanes of at least 4 members (excludes halogenated alkanes) is 6. The number of hydrogen-bond acceptors (Lipinski definition) is 2. The molecule has 1 aromatic heterocycles. The first-order valence-corrected chi connectivity index (χ1v) is 9.30. The number of fused-ring (bicyclic) bond motifs is 2. The summed E-state index contributed by atoms with van der Waals surface area (Å²) in [7, 11) is 0. The topological polar surface area (TPSA) is 22.1 Å². The monoisotopic (exact) mass is 321 g/mol. The predicted octanol–water partition coefficient (Wildman–Crippen LogP) is 6.52. The van der Waals surface area contributed by atoms with Crippen molar-refractivity contribution in [3.05, 3.63) is 48.5 Å². The molecule has 1 heterocycles. The second kappa shape index (κ2) is 8.68. The Hall–Kier alpha value is -2.09. The number of benzene rings is 2. The maximum absolute atomic E-state index is 6.22. The van der Waals surface area contributed by atoms with Gasteiger partial charge in [-0.25, -0.2) is 4.98 Å². The highest BCUT2D eigenvalue weighted by molar-refractivity contribution is 6.00. The number of pyridine rings is 1. The number of aromatic nitrogens is 1. The Balaban J connectivity index is 1.66. The Bertz CT molecular complexity index is 727. The Morgan fingerprint density at radius 1 is 0.708 bits per heavy atom. The van der Waals surface area contributed by atoms with Gasteiger partial charge in [-0.3, -0.25) is 0 Å². The molecule has 126 valence electrons. The second-order valence-electron chi connectivity index (χ2n) is 6.45. The van der Waals surface area contributed by atoms with E-state index >= 15 is 0 Å². The van der Waals surface area contributed by atoms with E-state index in [4.69, 9.17) is 9.72 Å². The summed E-state index contributed by atoms with van der Waals surface area (Å²) in [4.78, 5) is 4.74. The van der Waals surface area contributed by atoms with E-state index in [1.165, 1.54) is 38.5 Å². The van der Waals surface area contributed by atoms with Crippen LogP contribution >= 0.6 is 0 Å². The van der Waals surface area contributed by atoms with E-state index < -0.39 is 0 Å². The second-order valence-corrected chi connectivity index (χ2v) is 6.45. The standard InChI is InChI=1S/C22H27NO/c1-2-3-4-5-6-7-12-17-24-22-18-13-8-10-15-20(18)23-21-16-11-9-14-19(21)22/h8-11,13-16H,2-7,12,17H2,1H3. The Labute approximate surface area is 144 Å². The molecule has 0 atom stereocenters. The molecule has 2 heteroatoms. The highest BCUT2D eigenvalue weighted by atomic mass is 16.5. The molecule has 0 N–H and O–H groups in total. The Morgan fingerprint density at radius 2 is 1.25 bits per heavy atom. The zero-order valence-electron chi connectivity index (χ0n) is 14.6. The van der Waals surface area contributed by atoms with Crippen molar-refractivity contribution >= 4 is 21.8 Å². The van der Waals surface area contributed by atoms with Crippen LogP contribution in [0.2, 0.25) is 0 Å². The summed E-state index contributed by atoms with van der Waals surface area (Å²) in [6, 6.07) is 16.5. The van der Waals surface area contributed by atoms with Crippen molar-refractivity contribution in [2.24, 2.45) is 0 Å². The van der Waals surface area contributed by atoms with E-state index in [1.54, 1.807) is 0 Å². The molecule has 0 unspecified atom stereocenters. The summed E-state index contributed by atoms with van der Waals surface area (Å²) in [6.45, 7) is 3.04. The Morgan fingerprint density at radius 3 is 1.88 bits per heavy atom. The van der Waals surface area contributed by atoms with Gasteiger partial charge in [-0.15, -0.1) is 0 Å². The quantitative estimate of drug-likeness (QED) is 0.331. The van der Waals surface area contributed by atoms with E-state index in [1.807, 2.05) is 12.1 Å². The highest BCUT2D eigenvalue weighted by Gasteiger charge is 2.09. The van der Waals surface area contributed by atoms with Crippen LogP contribution in [0.3, 0.4) is 0 Å². The van der Waals surface area contributed by atoms with Crippen molar-refractivity contribution in [1.82, 2.24) is 4.98 Å². The van der Waals surface area contributed by atoms with Gasteiger partial charge in [-0.1, -0.05) is 69.7 Å². The van der Waals surface area contributed by atoms with Crippen LogP contribution in [0.4, 0.5) is 0 Å². The van der Waals surface area contributed by atoms with Crippen LogP contribution in [0, 0.1) is 0 Å². The molecule has 2 nitrogen and oxygen atoms in total. The van der Waals surface area contributed by atoms with Gasteiger partial charge in [0.1, 0.15) is 5.75 Å². The van der Waals surface area contributed by atoms with Crippen LogP contribution in [-0.2, 0) is 0 Å². The Kier molecular flexibility index (Phi) is 6.06. The lowest BCUT2D eigenvalue weighted by Crippen LogP contribution is -1.99. The molecule has 24 heavy (non-hydrogen) atoms. The van der Waals surface area contributed by atoms with Gasteiger partial charge in [0, 0.05) is 10.8 Å². The summed E-state index contributed by atoms with van der Waals surface area (Å²) in [6.07, 6.45) is 9.10. The van der Waals surface area contributed by atoms with Crippen molar-refractivity contribution in [2.75, 3.05) is 6.61 Å². The lowest BCUT2D eigenvalue weighted by atomic mass is 10.1. The van der Waals surface area contributed by atoms with Gasteiger partial charge in [-0.2, -0.15) is 0 Å². The zero-order valence-corrected chi connectivity index (χ0v) is 14.6. The molecule has 0 saturated heterocycles. The van der Waals surface area contributed by atoms with E-state index in [0.29, 0.717) is 0 Å². The van der Waals surface area contributed by atoms with Crippen molar-refractivity contribution in [2.45, 2.75) is 51.9 Å². The fourth-order valence-electron chi connectivity index (χ4n) is 3.19. The minimum atomic E-state index is 0.784. The first-order chi connectivity index (χ1) is 11.9. The lowest BCUT2D eigenvalue weighted by Gasteiger charge is -2.12. The van der Waals surface area contributed by atoms with Gasteiger partial charge >= 0.3 is 0 Å². The maximum Gasteiger partial charge on any atom is 0.138 e. The SMILES string of the molecule is CCCCCCCCCOc1c2ccccc2nc2ccccc12. The molecule has 0 aliphatic carbocycles. The number of rotatable bonds is 9. The summed E-state index contributed by atoms with van der Waals surface area (Å²) in [5, 5.41) is 2.22. The first-order valence-electron chi connectivity index (χ1n) is 9.30. The molecule has 0 amide bonds. The summed E-state index contributed by atoms with van der Waals surface area (Å²) >= 11 is 0. The van der Waals surface area contributed by atoms with Crippen LogP contribution < -0.4 is 4.74 Å². The molecule has 3 rings (SSSR count). The predicted molar refractivity (Wildman–Crippen MR) is 103 cm³/mol. The van der Waals surface area contributed by atoms with Gasteiger partial charge in [0.2, 0.25) is 0 Å². The average Bonchev–Trinajstić information content (AvgIpc) is 2.63. The molecule has 0 aliphatic heterocycles. The molecule has 0 fully saturated rings. The fraction of sp³-hybridized carbons (Fsp3) is 0.409. The average molecular weight is 321 g/mol. The van der Waals surface area contributed by atoms with Crippen LogP contribution in [0.25, 0.3) is 21.8 Å². The van der Waals surface area contributed by atoms with Gasteiger partial charge in [0.05, 0.1) is 17.6 Å². The van der Waals surface area contributed by atoms with E-state index in [9.17, 15) is 0 Å². The maximum atomic E-state index is 6.22. The molecular weight excluding hydrogens is 294 g/mol. The minimum absolute atomic E-state index is 0.784. The van der Waals surface area contributed by atoms with Gasteiger partial charge < -0.3 is 4.74 Å². The molecule has 3 aromatic rings. The summed E-state index contributed by atoms with van der Waals surface area (Å²) in [5.41, 5.74) is 2.01. The third kappa shape index (κ3) is 4.05. The van der Waals surface area contributed by atoms with Gasteiger partial charge in [0.25, 0.3) is 0 Å². The van der Waals surface area contributed by atoms with Gasteiger partial charge in [0.15, 0.2) is 0 Å². The largest absolute Gasteiger partial charge is 0.492 e. The number of nitrogens with zero attached hydrogens (tertiary/aromatic N) is 1. The number of hydrogen-bond donors (Lipinski definition) is 0. The smallest absolute Gasteiger partial charge is 0.138 e. The van der Waals surface area contributed by atoms with E-state index in [2.05, 4.69) is 43.3 Å². The van der Waals surface area contributed by atoms with Crippen molar-refractivity contribution < 1.29 is 4.74 Å².